The largest absolute Gasteiger partial charge is 0.424 e. The van der Waals surface area contributed by atoms with Gasteiger partial charge in [0, 0.05) is 64.4 Å². The molecule has 0 spiro atoms. The minimum absolute atomic E-state index is 0.194. The number of nitrogens with one attached hydrogen (secondary N) is 1. The molecular formula is C20H30F3N7O. The molecule has 0 aliphatic carbocycles. The van der Waals surface area contributed by atoms with Gasteiger partial charge in [0.05, 0.1) is 12.4 Å². The van der Waals surface area contributed by atoms with Gasteiger partial charge in [-0.1, -0.05) is 6.92 Å². The number of imidazole rings is 2. The standard InChI is InChI=1S/C20H30F3N7O/c1-4-25-18(29-10-5-15(2)16(13-29)30-12-8-24-14-30)27-7-6-19(31,20(21,22)23)17-26-9-11-28(17)3/h8-9,11-12,14-16,31H,4-7,10,13H2,1-3H3,(H,25,27). The first-order valence-corrected chi connectivity index (χ1v) is 10.4. The summed E-state index contributed by atoms with van der Waals surface area (Å²) in [6.45, 7) is 5.90. The van der Waals surface area contributed by atoms with Gasteiger partial charge in [0.15, 0.2) is 5.96 Å². The number of aromatic nitrogens is 4. The van der Waals surface area contributed by atoms with Gasteiger partial charge in [0.2, 0.25) is 5.60 Å². The normalized spacial score (nSPS) is 22.4. The number of aliphatic imine (C=N–C) groups is 1. The van der Waals surface area contributed by atoms with E-state index in [2.05, 4.69) is 36.7 Å². The van der Waals surface area contributed by atoms with Crippen molar-refractivity contribution in [3.8, 4) is 0 Å². The topological polar surface area (TPSA) is 83.5 Å². The molecule has 8 nitrogen and oxygen atoms in total. The maximum Gasteiger partial charge on any atom is 0.424 e. The summed E-state index contributed by atoms with van der Waals surface area (Å²) in [7, 11) is 1.43. The van der Waals surface area contributed by atoms with Gasteiger partial charge >= 0.3 is 6.18 Å². The SMILES string of the molecule is CCNC(=NCCC(O)(c1nccn1C)C(F)(F)F)N1CCC(C)C(n2ccnc2)C1. The Morgan fingerprint density at radius 1 is 1.32 bits per heavy atom. The van der Waals surface area contributed by atoms with Gasteiger partial charge in [-0.25, -0.2) is 9.97 Å². The van der Waals surface area contributed by atoms with Gasteiger partial charge in [-0.2, -0.15) is 13.2 Å². The molecular weight excluding hydrogens is 411 g/mol. The molecule has 0 amide bonds. The summed E-state index contributed by atoms with van der Waals surface area (Å²) in [4.78, 5) is 14.3. The molecule has 2 N–H and O–H groups in total. The highest BCUT2D eigenvalue weighted by Crippen LogP contribution is 2.40. The molecule has 0 saturated carbocycles. The van der Waals surface area contributed by atoms with Gasteiger partial charge in [-0.15, -0.1) is 0 Å². The Kier molecular flexibility index (Phi) is 6.93. The maximum absolute atomic E-state index is 13.7. The van der Waals surface area contributed by atoms with Crippen LogP contribution in [0.4, 0.5) is 13.2 Å². The van der Waals surface area contributed by atoms with Crippen LogP contribution in [-0.2, 0) is 12.6 Å². The maximum atomic E-state index is 13.7. The average Bonchev–Trinajstić information content (AvgIpc) is 3.39. The molecule has 0 bridgehead atoms. The monoisotopic (exact) mass is 441 g/mol. The second-order valence-electron chi connectivity index (χ2n) is 7.99. The van der Waals surface area contributed by atoms with E-state index < -0.39 is 24.0 Å². The van der Waals surface area contributed by atoms with Crippen LogP contribution in [0.15, 0.2) is 36.1 Å². The van der Waals surface area contributed by atoms with Crippen LogP contribution in [0.2, 0.25) is 0 Å². The van der Waals surface area contributed by atoms with Gasteiger partial charge in [-0.3, -0.25) is 4.99 Å². The van der Waals surface area contributed by atoms with E-state index in [-0.39, 0.29) is 12.6 Å². The van der Waals surface area contributed by atoms with Crippen molar-refractivity contribution in [2.24, 2.45) is 18.0 Å². The van der Waals surface area contributed by atoms with E-state index in [1.54, 1.807) is 12.5 Å². The molecule has 3 unspecified atom stereocenters. The predicted molar refractivity (Wildman–Crippen MR) is 110 cm³/mol. The van der Waals surface area contributed by atoms with Crippen molar-refractivity contribution in [2.75, 3.05) is 26.2 Å². The van der Waals surface area contributed by atoms with Crippen LogP contribution < -0.4 is 5.32 Å². The molecule has 3 rings (SSSR count). The molecule has 11 heteroatoms. The molecule has 2 aromatic rings. The lowest BCUT2D eigenvalue weighted by molar-refractivity contribution is -0.272. The number of halogens is 3. The predicted octanol–water partition coefficient (Wildman–Crippen LogP) is 2.31. The molecule has 3 heterocycles. The van der Waals surface area contributed by atoms with E-state index in [0.29, 0.717) is 25.0 Å². The molecule has 31 heavy (non-hydrogen) atoms. The molecule has 1 fully saturated rings. The lowest BCUT2D eigenvalue weighted by Gasteiger charge is -2.39. The lowest BCUT2D eigenvalue weighted by atomic mass is 9.93. The fourth-order valence-electron chi connectivity index (χ4n) is 3.99. The summed E-state index contributed by atoms with van der Waals surface area (Å²) in [6, 6.07) is 0.194. The van der Waals surface area contributed by atoms with Crippen LogP contribution >= 0.6 is 0 Å². The summed E-state index contributed by atoms with van der Waals surface area (Å²) in [5.41, 5.74) is -3.07. The highest BCUT2D eigenvalue weighted by molar-refractivity contribution is 5.80. The van der Waals surface area contributed by atoms with Crippen LogP contribution in [0.25, 0.3) is 0 Å². The highest BCUT2D eigenvalue weighted by atomic mass is 19.4. The molecule has 3 atom stereocenters. The minimum atomic E-state index is -4.87. The van der Waals surface area contributed by atoms with Gasteiger partial charge in [-0.05, 0) is 19.3 Å². The van der Waals surface area contributed by atoms with Gasteiger partial charge in [0.25, 0.3) is 0 Å². The van der Waals surface area contributed by atoms with Gasteiger partial charge in [0.1, 0.15) is 5.82 Å². The second-order valence-corrected chi connectivity index (χ2v) is 7.99. The molecule has 1 aliphatic rings. The van der Waals surface area contributed by atoms with E-state index in [9.17, 15) is 18.3 Å². The number of hydrogen-bond donors (Lipinski definition) is 2. The number of rotatable bonds is 6. The first-order valence-electron chi connectivity index (χ1n) is 10.4. The van der Waals surface area contributed by atoms with Crippen molar-refractivity contribution in [3.05, 3.63) is 36.9 Å². The number of aliphatic hydroxyl groups is 1. The van der Waals surface area contributed by atoms with Crippen LogP contribution in [0.1, 0.15) is 38.6 Å². The van der Waals surface area contributed by atoms with Crippen molar-refractivity contribution in [1.82, 2.24) is 29.3 Å². The third-order valence-corrected chi connectivity index (χ3v) is 5.86. The zero-order chi connectivity index (χ0) is 22.6. The first kappa shape index (κ1) is 23.1. The molecule has 1 aliphatic heterocycles. The Morgan fingerprint density at radius 2 is 2.10 bits per heavy atom. The fourth-order valence-corrected chi connectivity index (χ4v) is 3.99. The summed E-state index contributed by atoms with van der Waals surface area (Å²) in [5.74, 6) is 0.545. The third kappa shape index (κ3) is 4.86. The van der Waals surface area contributed by atoms with Crippen LogP contribution in [0, 0.1) is 5.92 Å². The summed E-state index contributed by atoms with van der Waals surface area (Å²) < 4.78 is 44.5. The number of nitrogens with zero attached hydrogens (tertiary/aromatic N) is 6. The minimum Gasteiger partial charge on any atom is -0.374 e. The molecule has 0 aromatic carbocycles. The number of hydrogen-bond acceptors (Lipinski definition) is 4. The fraction of sp³-hybridized carbons (Fsp3) is 0.650. The Hall–Kier alpha value is -2.56. The smallest absolute Gasteiger partial charge is 0.374 e. The number of guanidine groups is 1. The van der Waals surface area contributed by atoms with Crippen LogP contribution in [0.3, 0.4) is 0 Å². The molecule has 2 aromatic heterocycles. The zero-order valence-corrected chi connectivity index (χ0v) is 18.0. The number of piperidine rings is 1. The zero-order valence-electron chi connectivity index (χ0n) is 18.0. The van der Waals surface area contributed by atoms with Crippen LogP contribution in [-0.4, -0.2) is 67.4 Å². The third-order valence-electron chi connectivity index (χ3n) is 5.86. The van der Waals surface area contributed by atoms with E-state index >= 15 is 0 Å². The van der Waals surface area contributed by atoms with E-state index in [1.165, 1.54) is 24.0 Å². The first-order chi connectivity index (χ1) is 14.7. The quantitative estimate of drug-likeness (QED) is 0.531. The van der Waals surface area contributed by atoms with Crippen molar-refractivity contribution < 1.29 is 18.3 Å². The summed E-state index contributed by atoms with van der Waals surface area (Å²) in [5, 5.41) is 13.7. The lowest BCUT2D eigenvalue weighted by Crippen LogP contribution is -2.49. The number of aryl methyl sites for hydroxylation is 1. The highest BCUT2D eigenvalue weighted by Gasteiger charge is 2.57. The summed E-state index contributed by atoms with van der Waals surface area (Å²) in [6.07, 6.45) is 3.50. The molecule has 172 valence electrons. The second kappa shape index (κ2) is 9.29. The van der Waals surface area contributed by atoms with E-state index in [4.69, 9.17) is 0 Å². The Morgan fingerprint density at radius 3 is 2.68 bits per heavy atom. The van der Waals surface area contributed by atoms with Crippen molar-refractivity contribution in [3.63, 3.8) is 0 Å². The van der Waals surface area contributed by atoms with Crippen molar-refractivity contribution in [1.29, 1.82) is 0 Å². The number of likely N-dealkylation sites (tertiary alicyclic amines) is 1. The van der Waals surface area contributed by atoms with Crippen LogP contribution in [0.5, 0.6) is 0 Å². The molecule has 1 saturated heterocycles. The van der Waals surface area contributed by atoms with Crippen molar-refractivity contribution >= 4 is 5.96 Å². The Balaban J connectivity index is 1.76. The van der Waals surface area contributed by atoms with Gasteiger partial charge < -0.3 is 24.5 Å². The average molecular weight is 442 g/mol. The molecule has 0 radical (unpaired) electrons. The van der Waals surface area contributed by atoms with E-state index in [1.807, 2.05) is 13.1 Å². The Bertz CT molecular complexity index is 865. The van der Waals surface area contributed by atoms with Crippen molar-refractivity contribution in [2.45, 2.75) is 44.5 Å². The summed E-state index contributed by atoms with van der Waals surface area (Å²) >= 11 is 0. The Labute approximate surface area is 179 Å². The van der Waals surface area contributed by atoms with E-state index in [0.717, 1.165) is 13.0 Å². The number of alkyl halides is 3.